The summed E-state index contributed by atoms with van der Waals surface area (Å²) in [4.78, 5) is 11.8. The predicted molar refractivity (Wildman–Crippen MR) is 83.1 cm³/mol. The maximum Gasteiger partial charge on any atom is 0.239 e. The Morgan fingerprint density at radius 1 is 1.26 bits per heavy atom. The van der Waals surface area contributed by atoms with Gasteiger partial charge in [-0.1, -0.05) is 36.0 Å². The van der Waals surface area contributed by atoms with E-state index in [9.17, 15) is 4.79 Å². The van der Waals surface area contributed by atoms with Gasteiger partial charge in [0.15, 0.2) is 0 Å². The second kappa shape index (κ2) is 6.82. The molecule has 3 nitrogen and oxygen atoms in total. The van der Waals surface area contributed by atoms with Crippen molar-refractivity contribution in [3.8, 4) is 0 Å². The predicted octanol–water partition coefficient (Wildman–Crippen LogP) is 4.23. The molecule has 6 heteroatoms. The molecule has 1 aromatic carbocycles. The number of carbonyl (C=O) groups is 1. The largest absolute Gasteiger partial charge is 0.375 e. The van der Waals surface area contributed by atoms with Gasteiger partial charge in [-0.15, -0.1) is 0 Å². The van der Waals surface area contributed by atoms with Gasteiger partial charge in [-0.2, -0.15) is 0 Å². The third-order valence-electron chi connectivity index (χ3n) is 3.19. The first-order valence-electron chi connectivity index (χ1n) is 6.24. The van der Waals surface area contributed by atoms with Gasteiger partial charge in [-0.25, -0.2) is 0 Å². The van der Waals surface area contributed by atoms with Gasteiger partial charge < -0.3 is 10.6 Å². The van der Waals surface area contributed by atoms with Crippen LogP contribution in [0, 0.1) is 0 Å². The lowest BCUT2D eigenvalue weighted by Crippen LogP contribution is -2.36. The third kappa shape index (κ3) is 4.01. The molecular weight excluding hydrogens is 351 g/mol. The average Bonchev–Trinajstić information content (AvgIpc) is 2.88. The van der Waals surface area contributed by atoms with Crippen molar-refractivity contribution in [2.24, 2.45) is 0 Å². The fourth-order valence-electron chi connectivity index (χ4n) is 2.19. The van der Waals surface area contributed by atoms with E-state index >= 15 is 0 Å². The first kappa shape index (κ1) is 14.9. The van der Waals surface area contributed by atoms with Gasteiger partial charge in [0.25, 0.3) is 0 Å². The van der Waals surface area contributed by atoms with E-state index in [1.807, 2.05) is 0 Å². The molecule has 0 unspecified atom stereocenters. The lowest BCUT2D eigenvalue weighted by molar-refractivity contribution is -0.120. The Labute approximate surface area is 131 Å². The number of rotatable bonds is 4. The van der Waals surface area contributed by atoms with Crippen LogP contribution < -0.4 is 10.6 Å². The standard InChI is InChI=1S/C13H15BrCl2N2O/c14-9-5-6-10(13(16)12(9)15)17-7-11(19)18-8-3-1-2-4-8/h5-6,8,17H,1-4,7H2,(H,18,19). The van der Waals surface area contributed by atoms with Crippen LogP contribution in [0.25, 0.3) is 0 Å². The molecule has 1 amide bonds. The summed E-state index contributed by atoms with van der Waals surface area (Å²) in [5, 5.41) is 6.88. The number of hydrogen-bond acceptors (Lipinski definition) is 2. The van der Waals surface area contributed by atoms with E-state index < -0.39 is 0 Å². The minimum Gasteiger partial charge on any atom is -0.375 e. The highest BCUT2D eigenvalue weighted by molar-refractivity contribution is 9.10. The molecule has 0 spiro atoms. The van der Waals surface area contributed by atoms with E-state index in [4.69, 9.17) is 23.2 Å². The number of nitrogens with one attached hydrogen (secondary N) is 2. The second-order valence-electron chi connectivity index (χ2n) is 4.63. The fraction of sp³-hybridized carbons (Fsp3) is 0.462. The summed E-state index contributed by atoms with van der Waals surface area (Å²) in [6.07, 6.45) is 4.56. The smallest absolute Gasteiger partial charge is 0.239 e. The normalized spacial score (nSPS) is 15.5. The molecule has 0 aromatic heterocycles. The third-order valence-corrected chi connectivity index (χ3v) is 4.97. The van der Waals surface area contributed by atoms with E-state index in [0.29, 0.717) is 21.8 Å². The maximum atomic E-state index is 11.8. The van der Waals surface area contributed by atoms with Crippen molar-refractivity contribution in [3.05, 3.63) is 26.7 Å². The second-order valence-corrected chi connectivity index (χ2v) is 6.24. The molecule has 1 fully saturated rings. The van der Waals surface area contributed by atoms with Gasteiger partial charge in [-0.3, -0.25) is 4.79 Å². The molecule has 0 aliphatic heterocycles. The molecule has 19 heavy (non-hydrogen) atoms. The summed E-state index contributed by atoms with van der Waals surface area (Å²) in [7, 11) is 0. The molecule has 0 saturated heterocycles. The quantitative estimate of drug-likeness (QED) is 0.784. The Balaban J connectivity index is 1.88. The number of carbonyl (C=O) groups excluding carboxylic acids is 1. The number of anilines is 1. The first-order chi connectivity index (χ1) is 9.08. The Morgan fingerprint density at radius 3 is 2.63 bits per heavy atom. The lowest BCUT2D eigenvalue weighted by atomic mass is 10.2. The van der Waals surface area contributed by atoms with Crippen molar-refractivity contribution in [3.63, 3.8) is 0 Å². The van der Waals surface area contributed by atoms with Crippen LogP contribution in [0.2, 0.25) is 10.0 Å². The van der Waals surface area contributed by atoms with Crippen LogP contribution in [0.5, 0.6) is 0 Å². The number of amides is 1. The van der Waals surface area contributed by atoms with Gasteiger partial charge in [0, 0.05) is 10.5 Å². The molecule has 104 valence electrons. The lowest BCUT2D eigenvalue weighted by Gasteiger charge is -2.14. The Hall–Kier alpha value is -0.450. The molecule has 0 atom stereocenters. The van der Waals surface area contributed by atoms with Crippen LogP contribution >= 0.6 is 39.1 Å². The monoisotopic (exact) mass is 364 g/mol. The van der Waals surface area contributed by atoms with Crippen molar-refractivity contribution in [1.29, 1.82) is 0 Å². The minimum atomic E-state index is -0.0120. The Morgan fingerprint density at radius 2 is 1.95 bits per heavy atom. The Bertz CT molecular complexity index is 476. The average molecular weight is 366 g/mol. The number of benzene rings is 1. The van der Waals surface area contributed by atoms with Crippen molar-refractivity contribution in [2.45, 2.75) is 31.7 Å². The van der Waals surface area contributed by atoms with Crippen molar-refractivity contribution >= 4 is 50.7 Å². The van der Waals surface area contributed by atoms with Gasteiger partial charge in [0.1, 0.15) is 0 Å². The molecule has 1 saturated carbocycles. The van der Waals surface area contributed by atoms with E-state index in [1.165, 1.54) is 12.8 Å². The molecular formula is C13H15BrCl2N2O. The molecule has 0 radical (unpaired) electrons. The van der Waals surface area contributed by atoms with Gasteiger partial charge >= 0.3 is 0 Å². The van der Waals surface area contributed by atoms with Crippen LogP contribution in [-0.2, 0) is 4.79 Å². The van der Waals surface area contributed by atoms with Crippen molar-refractivity contribution in [1.82, 2.24) is 5.32 Å². The zero-order valence-electron chi connectivity index (χ0n) is 10.3. The Kier molecular flexibility index (Phi) is 5.37. The summed E-state index contributed by atoms with van der Waals surface area (Å²) in [5.74, 6) is -0.0120. The summed E-state index contributed by atoms with van der Waals surface area (Å²) < 4.78 is 0.736. The van der Waals surface area contributed by atoms with Crippen LogP contribution in [0.3, 0.4) is 0 Å². The van der Waals surface area contributed by atoms with Crippen LogP contribution in [-0.4, -0.2) is 18.5 Å². The maximum absolute atomic E-state index is 11.8. The summed E-state index contributed by atoms with van der Waals surface area (Å²) >= 11 is 15.4. The fourth-order valence-corrected chi connectivity index (χ4v) is 3.03. The van der Waals surface area contributed by atoms with Gasteiger partial charge in [0.05, 0.1) is 22.3 Å². The summed E-state index contributed by atoms with van der Waals surface area (Å²) in [6.45, 7) is 0.203. The minimum absolute atomic E-state index is 0.0120. The van der Waals surface area contributed by atoms with E-state index in [-0.39, 0.29) is 12.5 Å². The van der Waals surface area contributed by atoms with Crippen molar-refractivity contribution < 1.29 is 4.79 Å². The molecule has 2 N–H and O–H groups in total. The van der Waals surface area contributed by atoms with Crippen LogP contribution in [0.15, 0.2) is 16.6 Å². The van der Waals surface area contributed by atoms with Crippen LogP contribution in [0.1, 0.15) is 25.7 Å². The number of halogens is 3. The zero-order chi connectivity index (χ0) is 13.8. The molecule has 1 aliphatic rings. The van der Waals surface area contributed by atoms with E-state index in [1.54, 1.807) is 12.1 Å². The summed E-state index contributed by atoms with van der Waals surface area (Å²) in [5.41, 5.74) is 0.663. The molecule has 2 rings (SSSR count). The van der Waals surface area contributed by atoms with E-state index in [2.05, 4.69) is 26.6 Å². The highest BCUT2D eigenvalue weighted by Crippen LogP contribution is 2.35. The van der Waals surface area contributed by atoms with Gasteiger partial charge in [0.2, 0.25) is 5.91 Å². The number of hydrogen-bond donors (Lipinski definition) is 2. The van der Waals surface area contributed by atoms with Crippen LogP contribution in [0.4, 0.5) is 5.69 Å². The summed E-state index contributed by atoms with van der Waals surface area (Å²) in [6, 6.07) is 3.92. The van der Waals surface area contributed by atoms with Crippen molar-refractivity contribution in [2.75, 3.05) is 11.9 Å². The van der Waals surface area contributed by atoms with Gasteiger partial charge in [-0.05, 0) is 40.9 Å². The topological polar surface area (TPSA) is 41.1 Å². The highest BCUT2D eigenvalue weighted by atomic mass is 79.9. The molecule has 0 bridgehead atoms. The van der Waals surface area contributed by atoms with E-state index in [0.717, 1.165) is 17.3 Å². The SMILES string of the molecule is O=C(CNc1ccc(Br)c(Cl)c1Cl)NC1CCCC1. The molecule has 1 aromatic rings. The molecule has 0 heterocycles. The molecule has 1 aliphatic carbocycles. The zero-order valence-corrected chi connectivity index (χ0v) is 13.4. The first-order valence-corrected chi connectivity index (χ1v) is 7.79. The highest BCUT2D eigenvalue weighted by Gasteiger charge is 2.17.